The van der Waals surface area contributed by atoms with E-state index in [-0.39, 0.29) is 42.2 Å². The zero-order valence-electron chi connectivity index (χ0n) is 17.9. The van der Waals surface area contributed by atoms with E-state index in [1.165, 1.54) is 0 Å². The summed E-state index contributed by atoms with van der Waals surface area (Å²) in [7, 11) is 0. The van der Waals surface area contributed by atoms with Crippen LogP contribution in [0.3, 0.4) is 0 Å². The van der Waals surface area contributed by atoms with Crippen LogP contribution in [0.2, 0.25) is 0 Å². The molecule has 0 spiro atoms. The highest BCUT2D eigenvalue weighted by molar-refractivity contribution is 14.0. The molecule has 2 atom stereocenters. The second-order valence-electron chi connectivity index (χ2n) is 8.68. The normalized spacial score (nSPS) is 24.1. The lowest BCUT2D eigenvalue weighted by molar-refractivity contribution is 0.00545. The van der Waals surface area contributed by atoms with Gasteiger partial charge in [-0.2, -0.15) is 0 Å². The Kier molecular flexibility index (Phi) is 8.66. The summed E-state index contributed by atoms with van der Waals surface area (Å²) in [5, 5.41) is 6.90. The summed E-state index contributed by atoms with van der Waals surface area (Å²) in [5.74, 6) is 1.78. The maximum Gasteiger partial charge on any atom is 0.410 e. The van der Waals surface area contributed by atoms with Gasteiger partial charge in [-0.1, -0.05) is 0 Å². The summed E-state index contributed by atoms with van der Waals surface area (Å²) in [6.07, 6.45) is 6.26. The van der Waals surface area contributed by atoms with Gasteiger partial charge in [0.05, 0.1) is 6.26 Å². The van der Waals surface area contributed by atoms with E-state index in [0.717, 1.165) is 50.4 Å². The number of hydrogen-bond donors (Lipinski definition) is 2. The lowest BCUT2D eigenvalue weighted by atomic mass is 9.98. The Morgan fingerprint density at radius 2 is 2.00 bits per heavy atom. The predicted octanol–water partition coefficient (Wildman–Crippen LogP) is 3.93. The molecule has 1 amide bonds. The Hall–Kier alpha value is -1.45. The summed E-state index contributed by atoms with van der Waals surface area (Å²) in [4.78, 5) is 19.3. The van der Waals surface area contributed by atoms with Gasteiger partial charge in [-0.25, -0.2) is 4.79 Å². The van der Waals surface area contributed by atoms with Crippen LogP contribution in [0.5, 0.6) is 0 Å². The Labute approximate surface area is 191 Å². The third-order valence-electron chi connectivity index (χ3n) is 5.23. The van der Waals surface area contributed by atoms with Crippen molar-refractivity contribution in [2.45, 2.75) is 83.5 Å². The van der Waals surface area contributed by atoms with Gasteiger partial charge >= 0.3 is 6.09 Å². The van der Waals surface area contributed by atoms with Gasteiger partial charge in [0, 0.05) is 37.6 Å². The second kappa shape index (κ2) is 10.5. The van der Waals surface area contributed by atoms with Crippen LogP contribution in [0.15, 0.2) is 27.8 Å². The minimum atomic E-state index is -0.454. The molecule has 8 heteroatoms. The van der Waals surface area contributed by atoms with Gasteiger partial charge < -0.3 is 24.7 Å². The summed E-state index contributed by atoms with van der Waals surface area (Å²) >= 11 is 0. The maximum atomic E-state index is 12.6. The van der Waals surface area contributed by atoms with Crippen molar-refractivity contribution < 1.29 is 13.9 Å². The van der Waals surface area contributed by atoms with Crippen LogP contribution in [0.4, 0.5) is 4.79 Å². The first-order valence-corrected chi connectivity index (χ1v) is 10.4. The smallest absolute Gasteiger partial charge is 0.410 e. The molecule has 2 aliphatic heterocycles. The minimum absolute atomic E-state index is 0. The van der Waals surface area contributed by atoms with E-state index in [2.05, 4.69) is 22.5 Å². The number of carbonyl (C=O) groups excluding carboxylic acids is 1. The summed E-state index contributed by atoms with van der Waals surface area (Å²) < 4.78 is 11.0. The van der Waals surface area contributed by atoms with Crippen molar-refractivity contribution in [3.63, 3.8) is 0 Å². The van der Waals surface area contributed by atoms with E-state index in [0.29, 0.717) is 12.6 Å². The number of nitrogens with zero attached hydrogens (tertiary/aromatic N) is 2. The van der Waals surface area contributed by atoms with Gasteiger partial charge in [-0.15, -0.1) is 24.0 Å². The molecular formula is C21H35IN4O3. The Morgan fingerprint density at radius 1 is 1.31 bits per heavy atom. The van der Waals surface area contributed by atoms with E-state index >= 15 is 0 Å². The lowest BCUT2D eigenvalue weighted by Crippen LogP contribution is -2.55. The van der Waals surface area contributed by atoms with Crippen molar-refractivity contribution in [3.05, 3.63) is 24.2 Å². The molecule has 29 heavy (non-hydrogen) atoms. The third kappa shape index (κ3) is 6.79. The molecule has 1 aromatic rings. The molecule has 0 saturated carbocycles. The number of ether oxygens (including phenoxy) is 1. The highest BCUT2D eigenvalue weighted by Gasteiger charge is 2.45. The molecule has 2 saturated heterocycles. The van der Waals surface area contributed by atoms with Crippen LogP contribution in [0.25, 0.3) is 0 Å². The van der Waals surface area contributed by atoms with Crippen molar-refractivity contribution in [2.24, 2.45) is 4.99 Å². The first-order chi connectivity index (χ1) is 13.4. The molecule has 2 fully saturated rings. The monoisotopic (exact) mass is 518 g/mol. The first kappa shape index (κ1) is 23.8. The number of guanidine groups is 1. The minimum Gasteiger partial charge on any atom is -0.469 e. The Bertz CT molecular complexity index is 658. The molecule has 2 unspecified atom stereocenters. The number of nitrogens with one attached hydrogen (secondary N) is 2. The molecule has 2 N–H and O–H groups in total. The maximum absolute atomic E-state index is 12.6. The van der Waals surface area contributed by atoms with Gasteiger partial charge in [0.25, 0.3) is 0 Å². The molecule has 164 valence electrons. The molecule has 2 aliphatic rings. The molecule has 0 aliphatic carbocycles. The fraction of sp³-hybridized carbons (Fsp3) is 0.714. The fourth-order valence-corrected chi connectivity index (χ4v) is 4.15. The SMILES string of the molecule is CCNC(=NCCc1ccco1)NC1CC2CCC(C1)N2C(=O)OC(C)(C)C.I. The Morgan fingerprint density at radius 3 is 2.55 bits per heavy atom. The first-order valence-electron chi connectivity index (χ1n) is 10.4. The molecular weight excluding hydrogens is 483 g/mol. The van der Waals surface area contributed by atoms with Gasteiger partial charge in [0.1, 0.15) is 11.4 Å². The van der Waals surface area contributed by atoms with Crippen LogP contribution in [-0.4, -0.2) is 53.8 Å². The van der Waals surface area contributed by atoms with Gasteiger partial charge in [-0.3, -0.25) is 4.99 Å². The quantitative estimate of drug-likeness (QED) is 0.351. The topological polar surface area (TPSA) is 79.1 Å². The summed E-state index contributed by atoms with van der Waals surface area (Å²) in [6, 6.07) is 4.68. The van der Waals surface area contributed by atoms with Crippen molar-refractivity contribution in [3.8, 4) is 0 Å². The van der Waals surface area contributed by atoms with Gasteiger partial charge in [-0.05, 0) is 65.5 Å². The fourth-order valence-electron chi connectivity index (χ4n) is 4.15. The molecule has 2 bridgehead atoms. The van der Waals surface area contributed by atoms with Crippen LogP contribution in [-0.2, 0) is 11.2 Å². The standard InChI is InChI=1S/C21H34N4O3.HI/c1-5-22-19(23-11-10-18-7-6-12-27-18)24-15-13-16-8-9-17(14-15)25(16)20(26)28-21(2,3)4;/h6-7,12,15-17H,5,8-11,13-14H2,1-4H3,(H2,22,23,24);1H. The summed E-state index contributed by atoms with van der Waals surface area (Å²) in [5.41, 5.74) is -0.454. The van der Waals surface area contributed by atoms with Crippen molar-refractivity contribution in [1.29, 1.82) is 0 Å². The van der Waals surface area contributed by atoms with E-state index in [9.17, 15) is 4.79 Å². The van der Waals surface area contributed by atoms with Crippen molar-refractivity contribution >= 4 is 36.0 Å². The molecule has 3 rings (SSSR count). The predicted molar refractivity (Wildman–Crippen MR) is 125 cm³/mol. The largest absolute Gasteiger partial charge is 0.469 e. The molecule has 1 aromatic heterocycles. The highest BCUT2D eigenvalue weighted by atomic mass is 127. The van der Waals surface area contributed by atoms with E-state index in [1.54, 1.807) is 6.26 Å². The van der Waals surface area contributed by atoms with Gasteiger partial charge in [0.15, 0.2) is 5.96 Å². The van der Waals surface area contributed by atoms with Crippen LogP contribution >= 0.6 is 24.0 Å². The van der Waals surface area contributed by atoms with Crippen LogP contribution < -0.4 is 10.6 Å². The number of halogens is 1. The molecule has 7 nitrogen and oxygen atoms in total. The average Bonchev–Trinajstić information content (AvgIpc) is 3.20. The molecule has 3 heterocycles. The van der Waals surface area contributed by atoms with Crippen molar-refractivity contribution in [2.75, 3.05) is 13.1 Å². The van der Waals surface area contributed by atoms with Crippen LogP contribution in [0.1, 0.15) is 59.1 Å². The number of furan rings is 1. The highest BCUT2D eigenvalue weighted by Crippen LogP contribution is 2.36. The summed E-state index contributed by atoms with van der Waals surface area (Å²) in [6.45, 7) is 9.32. The Balaban J connectivity index is 0.00000300. The van der Waals surface area contributed by atoms with E-state index < -0.39 is 5.60 Å². The van der Waals surface area contributed by atoms with E-state index in [1.807, 2.05) is 37.8 Å². The van der Waals surface area contributed by atoms with Crippen molar-refractivity contribution in [1.82, 2.24) is 15.5 Å². The van der Waals surface area contributed by atoms with Crippen LogP contribution in [0, 0.1) is 0 Å². The van der Waals surface area contributed by atoms with Gasteiger partial charge in [0.2, 0.25) is 0 Å². The number of carbonyl (C=O) groups is 1. The number of rotatable bonds is 5. The number of amides is 1. The number of hydrogen-bond acceptors (Lipinski definition) is 4. The lowest BCUT2D eigenvalue weighted by Gasteiger charge is -2.40. The molecule has 0 radical (unpaired) electrons. The van der Waals surface area contributed by atoms with E-state index in [4.69, 9.17) is 9.15 Å². The third-order valence-corrected chi connectivity index (χ3v) is 5.23. The molecule has 0 aromatic carbocycles. The number of fused-ring (bicyclic) bond motifs is 2. The zero-order valence-corrected chi connectivity index (χ0v) is 20.3. The zero-order chi connectivity index (χ0) is 20.1. The number of aliphatic imine (C=N–C) groups is 1. The average molecular weight is 518 g/mol. The second-order valence-corrected chi connectivity index (χ2v) is 8.68. The number of piperidine rings is 1.